The summed E-state index contributed by atoms with van der Waals surface area (Å²) in [6.45, 7) is 3.40. The zero-order valence-electron chi connectivity index (χ0n) is 11.4. The molecular formula is C15H14N2O3S. The van der Waals surface area contributed by atoms with Gasteiger partial charge in [-0.2, -0.15) is 0 Å². The van der Waals surface area contributed by atoms with Crippen molar-refractivity contribution in [3.63, 3.8) is 0 Å². The Hall–Kier alpha value is -2.18. The number of aromatic nitrogens is 1. The van der Waals surface area contributed by atoms with E-state index in [0.717, 1.165) is 28.2 Å². The molecule has 0 fully saturated rings. The molecule has 108 valence electrons. The number of fused-ring (bicyclic) bond motifs is 1. The third-order valence-electron chi connectivity index (χ3n) is 3.06. The molecule has 0 aliphatic carbocycles. The molecule has 0 aliphatic rings. The molecular weight excluding hydrogens is 288 g/mol. The molecule has 0 spiro atoms. The normalized spacial score (nSPS) is 11.1. The summed E-state index contributed by atoms with van der Waals surface area (Å²) in [5, 5.41) is 16.1. The van der Waals surface area contributed by atoms with Crippen LogP contribution in [0.1, 0.15) is 26.8 Å². The van der Waals surface area contributed by atoms with Crippen molar-refractivity contribution < 1.29 is 14.3 Å². The molecule has 0 atom stereocenters. The number of carboxylic acid groups (broad SMARTS) is 1. The molecule has 1 aromatic carbocycles. The van der Waals surface area contributed by atoms with Crippen molar-refractivity contribution in [1.29, 1.82) is 0 Å². The molecule has 3 rings (SSSR count). The average Bonchev–Trinajstić information content (AvgIpc) is 3.04. The van der Waals surface area contributed by atoms with Crippen LogP contribution in [-0.2, 0) is 13.1 Å². The van der Waals surface area contributed by atoms with Crippen molar-refractivity contribution in [2.45, 2.75) is 20.0 Å². The predicted octanol–water partition coefficient (Wildman–Crippen LogP) is 3.19. The topological polar surface area (TPSA) is 75.4 Å². The van der Waals surface area contributed by atoms with Crippen molar-refractivity contribution in [3.8, 4) is 0 Å². The lowest BCUT2D eigenvalue weighted by molar-refractivity contribution is 0.0665. The second-order valence-corrected chi connectivity index (χ2v) is 5.72. The summed E-state index contributed by atoms with van der Waals surface area (Å²) >= 11 is 1.64. The highest BCUT2D eigenvalue weighted by atomic mass is 32.1. The minimum Gasteiger partial charge on any atom is -0.475 e. The van der Waals surface area contributed by atoms with Crippen LogP contribution in [0.2, 0.25) is 0 Å². The fourth-order valence-electron chi connectivity index (χ4n) is 2.11. The van der Waals surface area contributed by atoms with Crippen molar-refractivity contribution in [1.82, 2.24) is 10.3 Å². The number of furan rings is 1. The Kier molecular flexibility index (Phi) is 3.72. The van der Waals surface area contributed by atoms with Gasteiger partial charge in [-0.05, 0) is 30.7 Å². The van der Waals surface area contributed by atoms with E-state index in [1.807, 2.05) is 24.4 Å². The molecule has 0 bridgehead atoms. The first-order chi connectivity index (χ1) is 10.1. The van der Waals surface area contributed by atoms with Crippen LogP contribution in [0.4, 0.5) is 0 Å². The van der Waals surface area contributed by atoms with Gasteiger partial charge < -0.3 is 14.8 Å². The summed E-state index contributed by atoms with van der Waals surface area (Å²) in [7, 11) is 0. The molecule has 2 N–H and O–H groups in total. The van der Waals surface area contributed by atoms with E-state index in [4.69, 9.17) is 9.52 Å². The third-order valence-corrected chi connectivity index (χ3v) is 4.03. The maximum absolute atomic E-state index is 10.9. The van der Waals surface area contributed by atoms with Crippen LogP contribution in [0.15, 0.2) is 34.1 Å². The first-order valence-corrected chi connectivity index (χ1v) is 7.37. The molecule has 0 aliphatic heterocycles. The molecule has 2 heterocycles. The van der Waals surface area contributed by atoms with Gasteiger partial charge in [0.15, 0.2) is 0 Å². The third kappa shape index (κ3) is 3.12. The van der Waals surface area contributed by atoms with E-state index in [-0.39, 0.29) is 5.76 Å². The molecule has 21 heavy (non-hydrogen) atoms. The number of carbonyl (C=O) groups is 1. The number of nitrogens with one attached hydrogen (secondary N) is 1. The second kappa shape index (κ2) is 5.67. The van der Waals surface area contributed by atoms with E-state index in [1.54, 1.807) is 23.5 Å². The number of aryl methyl sites for hydroxylation is 1. The Morgan fingerprint density at radius 2 is 2.24 bits per heavy atom. The van der Waals surface area contributed by atoms with E-state index in [9.17, 15) is 4.79 Å². The van der Waals surface area contributed by atoms with Crippen LogP contribution in [0.25, 0.3) is 11.0 Å². The number of thiazole rings is 1. The minimum atomic E-state index is -1.05. The van der Waals surface area contributed by atoms with Crippen LogP contribution >= 0.6 is 11.3 Å². The zero-order valence-corrected chi connectivity index (χ0v) is 12.2. The number of hydrogen-bond acceptors (Lipinski definition) is 5. The Morgan fingerprint density at radius 1 is 1.38 bits per heavy atom. The summed E-state index contributed by atoms with van der Waals surface area (Å²) in [5.41, 5.74) is 2.71. The number of carboxylic acids is 1. The summed E-state index contributed by atoms with van der Waals surface area (Å²) in [6.07, 6.45) is 0. The first kappa shape index (κ1) is 13.8. The van der Waals surface area contributed by atoms with Gasteiger partial charge >= 0.3 is 5.97 Å². The largest absolute Gasteiger partial charge is 0.475 e. The fourth-order valence-corrected chi connectivity index (χ4v) is 2.85. The monoisotopic (exact) mass is 302 g/mol. The molecule has 0 saturated heterocycles. The first-order valence-electron chi connectivity index (χ1n) is 6.49. The van der Waals surface area contributed by atoms with Crippen LogP contribution in [0, 0.1) is 6.92 Å². The summed E-state index contributed by atoms with van der Waals surface area (Å²) < 4.78 is 5.23. The molecule has 6 heteroatoms. The lowest BCUT2D eigenvalue weighted by Crippen LogP contribution is -2.12. The summed E-state index contributed by atoms with van der Waals surface area (Å²) in [4.78, 5) is 15.3. The van der Waals surface area contributed by atoms with Gasteiger partial charge in [-0.25, -0.2) is 9.78 Å². The van der Waals surface area contributed by atoms with Gasteiger partial charge in [0.2, 0.25) is 5.76 Å². The van der Waals surface area contributed by atoms with Crippen molar-refractivity contribution in [2.75, 3.05) is 0 Å². The van der Waals surface area contributed by atoms with Gasteiger partial charge in [0, 0.05) is 29.5 Å². The maximum atomic E-state index is 10.9. The lowest BCUT2D eigenvalue weighted by Gasteiger charge is -2.02. The molecule has 3 aromatic rings. The Balaban J connectivity index is 1.68. The second-order valence-electron chi connectivity index (χ2n) is 4.77. The summed E-state index contributed by atoms with van der Waals surface area (Å²) in [6, 6.07) is 7.21. The Morgan fingerprint density at radius 3 is 2.95 bits per heavy atom. The number of rotatable bonds is 5. The fraction of sp³-hybridized carbons (Fsp3) is 0.200. The Labute approximate surface area is 125 Å². The minimum absolute atomic E-state index is 0.0339. The Bertz CT molecular complexity index is 791. The van der Waals surface area contributed by atoms with Crippen molar-refractivity contribution >= 4 is 28.3 Å². The molecule has 5 nitrogen and oxygen atoms in total. The smallest absolute Gasteiger partial charge is 0.371 e. The lowest BCUT2D eigenvalue weighted by atomic mass is 10.1. The van der Waals surface area contributed by atoms with Crippen LogP contribution in [-0.4, -0.2) is 16.1 Å². The van der Waals surface area contributed by atoms with E-state index in [1.165, 1.54) is 0 Å². The number of hydrogen-bond donors (Lipinski definition) is 2. The van der Waals surface area contributed by atoms with E-state index >= 15 is 0 Å². The number of benzene rings is 1. The highest BCUT2D eigenvalue weighted by Crippen LogP contribution is 2.21. The van der Waals surface area contributed by atoms with E-state index < -0.39 is 5.97 Å². The molecule has 0 saturated carbocycles. The number of nitrogens with zero attached hydrogens (tertiary/aromatic N) is 1. The quantitative estimate of drug-likeness (QED) is 0.757. The average molecular weight is 302 g/mol. The van der Waals surface area contributed by atoms with Gasteiger partial charge in [0.25, 0.3) is 0 Å². The molecule has 0 unspecified atom stereocenters. The van der Waals surface area contributed by atoms with Crippen molar-refractivity contribution in [2.24, 2.45) is 0 Å². The van der Waals surface area contributed by atoms with Crippen molar-refractivity contribution in [3.05, 3.63) is 51.7 Å². The van der Waals surface area contributed by atoms with Crippen LogP contribution < -0.4 is 5.32 Å². The molecule has 0 radical (unpaired) electrons. The van der Waals surface area contributed by atoms with Crippen LogP contribution in [0.3, 0.4) is 0 Å². The maximum Gasteiger partial charge on any atom is 0.371 e. The highest BCUT2D eigenvalue weighted by molar-refractivity contribution is 7.09. The van der Waals surface area contributed by atoms with Gasteiger partial charge in [-0.15, -0.1) is 11.3 Å². The molecule has 2 aromatic heterocycles. The number of aromatic carboxylic acids is 1. The van der Waals surface area contributed by atoms with Gasteiger partial charge in [-0.3, -0.25) is 0 Å². The predicted molar refractivity (Wildman–Crippen MR) is 80.6 cm³/mol. The molecule has 0 amide bonds. The standard InChI is InChI=1S/C15H14N2O3S/c1-9-8-21-14(17-9)7-16-6-10-2-3-12-11(4-10)5-13(20-12)15(18)19/h2-5,8,16H,6-7H2,1H3,(H,18,19). The van der Waals surface area contributed by atoms with Gasteiger partial charge in [0.1, 0.15) is 10.6 Å². The van der Waals surface area contributed by atoms with Crippen LogP contribution in [0.5, 0.6) is 0 Å². The van der Waals surface area contributed by atoms with Gasteiger partial charge in [-0.1, -0.05) is 6.07 Å². The van der Waals surface area contributed by atoms with E-state index in [0.29, 0.717) is 12.1 Å². The summed E-state index contributed by atoms with van der Waals surface area (Å²) in [5.74, 6) is -1.08. The zero-order chi connectivity index (χ0) is 14.8. The SMILES string of the molecule is Cc1csc(CNCc2ccc3oc(C(=O)O)cc3c2)n1. The highest BCUT2D eigenvalue weighted by Gasteiger charge is 2.10. The van der Waals surface area contributed by atoms with E-state index in [2.05, 4.69) is 10.3 Å². The van der Waals surface area contributed by atoms with Gasteiger partial charge in [0.05, 0.1) is 0 Å².